The highest BCUT2D eigenvalue weighted by Gasteiger charge is 2.44. The van der Waals surface area contributed by atoms with Crippen molar-refractivity contribution < 1.29 is 39.8 Å². The monoisotopic (exact) mass is 910 g/mol. The zero-order valence-corrected chi connectivity index (χ0v) is 41.0. The van der Waals surface area contributed by atoms with Gasteiger partial charge in [-0.1, -0.05) is 207 Å². The van der Waals surface area contributed by atoms with Crippen LogP contribution in [0.2, 0.25) is 0 Å². The highest BCUT2D eigenvalue weighted by atomic mass is 16.7. The van der Waals surface area contributed by atoms with Gasteiger partial charge in [-0.3, -0.25) is 4.79 Å². The molecule has 1 saturated heterocycles. The van der Waals surface area contributed by atoms with Crippen LogP contribution in [-0.2, 0) is 14.3 Å². The molecule has 0 bridgehead atoms. The lowest BCUT2D eigenvalue weighted by molar-refractivity contribution is -0.302. The van der Waals surface area contributed by atoms with Crippen molar-refractivity contribution in [3.05, 3.63) is 97.2 Å². The Kier molecular flexibility index (Phi) is 41.6. The average Bonchev–Trinajstić information content (AvgIpc) is 3.31. The SMILES string of the molecule is CC/C=C\C/C=C\C/C=C\C/C=C\C/C=C\C/C=C\C/C=C\CCCCCCCCCCCCCCCC(=O)NC(COC1OC(CO)C(O)C(O)C1O)C(O)/C=C/CCCCCCC. The molecule has 9 heteroatoms. The van der Waals surface area contributed by atoms with Crippen molar-refractivity contribution in [2.75, 3.05) is 13.2 Å². The van der Waals surface area contributed by atoms with Gasteiger partial charge < -0.3 is 40.3 Å². The van der Waals surface area contributed by atoms with Gasteiger partial charge in [-0.15, -0.1) is 0 Å². The Balaban J connectivity index is 2.09. The average molecular weight is 910 g/mol. The molecule has 65 heavy (non-hydrogen) atoms. The molecule has 0 saturated carbocycles. The maximum absolute atomic E-state index is 12.9. The molecule has 1 amide bonds. The summed E-state index contributed by atoms with van der Waals surface area (Å²) in [5.41, 5.74) is 0. The molecular weight excluding hydrogens is 815 g/mol. The third-order valence-electron chi connectivity index (χ3n) is 11.7. The lowest BCUT2D eigenvalue weighted by atomic mass is 9.99. The maximum Gasteiger partial charge on any atom is 0.220 e. The van der Waals surface area contributed by atoms with Crippen LogP contribution in [0.25, 0.3) is 0 Å². The number of carbonyl (C=O) groups is 1. The third-order valence-corrected chi connectivity index (χ3v) is 11.7. The number of hydrogen-bond donors (Lipinski definition) is 6. The van der Waals surface area contributed by atoms with E-state index in [1.807, 2.05) is 6.08 Å². The Morgan fingerprint density at radius 3 is 1.42 bits per heavy atom. The predicted molar refractivity (Wildman–Crippen MR) is 271 cm³/mol. The van der Waals surface area contributed by atoms with Crippen LogP contribution in [0.5, 0.6) is 0 Å². The van der Waals surface area contributed by atoms with E-state index in [1.165, 1.54) is 89.9 Å². The van der Waals surface area contributed by atoms with Crippen LogP contribution >= 0.6 is 0 Å². The topological polar surface area (TPSA) is 149 Å². The molecule has 1 aliphatic heterocycles. The first-order valence-electron chi connectivity index (χ1n) is 26.0. The van der Waals surface area contributed by atoms with Crippen molar-refractivity contribution in [3.8, 4) is 0 Å². The first-order chi connectivity index (χ1) is 31.8. The van der Waals surface area contributed by atoms with E-state index >= 15 is 0 Å². The van der Waals surface area contributed by atoms with Crippen molar-refractivity contribution >= 4 is 5.91 Å². The first kappa shape index (κ1) is 60.1. The van der Waals surface area contributed by atoms with Gasteiger partial charge in [-0.25, -0.2) is 0 Å². The lowest BCUT2D eigenvalue weighted by Crippen LogP contribution is -2.60. The van der Waals surface area contributed by atoms with Gasteiger partial charge in [-0.05, 0) is 77.0 Å². The highest BCUT2D eigenvalue weighted by molar-refractivity contribution is 5.76. The molecule has 7 unspecified atom stereocenters. The molecule has 0 aromatic carbocycles. The third kappa shape index (κ3) is 35.0. The minimum atomic E-state index is -1.57. The standard InChI is InChI=1S/C56H95NO8/c1-3-5-7-9-11-12-13-14-15-16-17-18-19-20-21-22-23-24-25-26-27-28-29-30-31-32-33-34-35-36-37-38-40-42-44-46-52(60)57-49(50(59)45-43-41-39-10-8-6-4-2)48-64-56-55(63)54(62)53(61)51(47-58)65-56/h5,7,11-12,14-15,17-18,20-21,23-24,26-27,43,45,49-51,53-56,58-59,61-63H,3-4,6,8-10,13,16,19,22,25,28-42,44,46-48H2,1-2H3,(H,57,60)/b7-5-,12-11-,15-14-,18-17-,21-20-,24-23-,27-26-,45-43+. The van der Waals surface area contributed by atoms with Crippen LogP contribution in [-0.4, -0.2) is 87.5 Å². The molecule has 1 heterocycles. The number of aliphatic hydroxyl groups is 5. The van der Waals surface area contributed by atoms with E-state index in [0.717, 1.165) is 83.5 Å². The van der Waals surface area contributed by atoms with E-state index in [-0.39, 0.29) is 12.5 Å². The fourth-order valence-electron chi connectivity index (χ4n) is 7.55. The summed E-state index contributed by atoms with van der Waals surface area (Å²) in [6, 6.07) is -0.807. The summed E-state index contributed by atoms with van der Waals surface area (Å²) in [7, 11) is 0. The Morgan fingerprint density at radius 2 is 0.954 bits per heavy atom. The molecule has 9 nitrogen and oxygen atoms in total. The van der Waals surface area contributed by atoms with Gasteiger partial charge in [0.15, 0.2) is 6.29 Å². The number of ether oxygens (including phenoxy) is 2. The minimum Gasteiger partial charge on any atom is -0.394 e. The zero-order valence-electron chi connectivity index (χ0n) is 41.0. The largest absolute Gasteiger partial charge is 0.394 e. The van der Waals surface area contributed by atoms with Gasteiger partial charge in [0.2, 0.25) is 5.91 Å². The van der Waals surface area contributed by atoms with Crippen molar-refractivity contribution in [2.45, 2.75) is 236 Å². The molecular formula is C56H95NO8. The Bertz CT molecular complexity index is 1330. The Morgan fingerprint density at radius 1 is 0.538 bits per heavy atom. The quantitative estimate of drug-likeness (QED) is 0.0262. The van der Waals surface area contributed by atoms with E-state index in [1.54, 1.807) is 6.08 Å². The summed E-state index contributed by atoms with van der Waals surface area (Å²) < 4.78 is 11.2. The van der Waals surface area contributed by atoms with E-state index in [0.29, 0.717) is 6.42 Å². The summed E-state index contributed by atoms with van der Waals surface area (Å²) in [5.74, 6) is -0.187. The van der Waals surface area contributed by atoms with Crippen molar-refractivity contribution in [3.63, 3.8) is 0 Å². The van der Waals surface area contributed by atoms with Crippen molar-refractivity contribution in [1.29, 1.82) is 0 Å². The highest BCUT2D eigenvalue weighted by Crippen LogP contribution is 2.22. The summed E-state index contributed by atoms with van der Waals surface area (Å²) in [5, 5.41) is 54.0. The maximum atomic E-state index is 12.9. The second-order valence-electron chi connectivity index (χ2n) is 17.6. The van der Waals surface area contributed by atoms with E-state index in [9.17, 15) is 30.3 Å². The van der Waals surface area contributed by atoms with Crippen LogP contribution in [0.4, 0.5) is 0 Å². The molecule has 372 valence electrons. The van der Waals surface area contributed by atoms with Crippen LogP contribution in [0, 0.1) is 0 Å². The van der Waals surface area contributed by atoms with Crippen LogP contribution < -0.4 is 5.32 Å². The van der Waals surface area contributed by atoms with Gasteiger partial charge in [0.25, 0.3) is 0 Å². The van der Waals surface area contributed by atoms with Gasteiger partial charge in [0.05, 0.1) is 25.4 Å². The van der Waals surface area contributed by atoms with E-state index < -0.39 is 49.5 Å². The molecule has 1 aliphatic rings. The van der Waals surface area contributed by atoms with Gasteiger partial charge in [0, 0.05) is 6.42 Å². The minimum absolute atomic E-state index is 0.187. The van der Waals surface area contributed by atoms with Gasteiger partial charge in [0.1, 0.15) is 24.4 Å². The Labute approximate surface area is 396 Å². The number of aliphatic hydroxyl groups excluding tert-OH is 5. The first-order valence-corrected chi connectivity index (χ1v) is 26.0. The molecule has 6 N–H and O–H groups in total. The summed E-state index contributed by atoms with van der Waals surface area (Å²) in [6.45, 7) is 3.58. The molecule has 7 atom stereocenters. The van der Waals surface area contributed by atoms with Gasteiger partial charge >= 0.3 is 0 Å². The fourth-order valence-corrected chi connectivity index (χ4v) is 7.55. The summed E-state index contributed by atoms with van der Waals surface area (Å²) >= 11 is 0. The molecule has 1 fully saturated rings. The molecule has 1 rings (SSSR count). The number of hydrogen-bond acceptors (Lipinski definition) is 8. The smallest absolute Gasteiger partial charge is 0.220 e. The second kappa shape index (κ2) is 44.9. The molecule has 0 aliphatic carbocycles. The predicted octanol–water partition coefficient (Wildman–Crippen LogP) is 12.1. The number of nitrogens with one attached hydrogen (secondary N) is 1. The second-order valence-corrected chi connectivity index (χ2v) is 17.6. The normalized spacial score (nSPS) is 20.8. The van der Waals surface area contributed by atoms with Crippen molar-refractivity contribution in [1.82, 2.24) is 5.32 Å². The lowest BCUT2D eigenvalue weighted by Gasteiger charge is -2.40. The van der Waals surface area contributed by atoms with E-state index in [4.69, 9.17) is 9.47 Å². The van der Waals surface area contributed by atoms with Gasteiger partial charge in [-0.2, -0.15) is 0 Å². The molecule has 0 spiro atoms. The number of amides is 1. The summed E-state index contributed by atoms with van der Waals surface area (Å²) in [6.07, 6.45) is 57.9. The van der Waals surface area contributed by atoms with Crippen LogP contribution in [0.1, 0.15) is 194 Å². The molecule has 0 aromatic rings. The fraction of sp³-hybridized carbons (Fsp3) is 0.696. The molecule has 0 radical (unpaired) electrons. The Hall–Kier alpha value is -2.89. The number of allylic oxidation sites excluding steroid dienone is 15. The van der Waals surface area contributed by atoms with Crippen LogP contribution in [0.3, 0.4) is 0 Å². The van der Waals surface area contributed by atoms with Crippen LogP contribution in [0.15, 0.2) is 97.2 Å². The van der Waals surface area contributed by atoms with E-state index in [2.05, 4.69) is 104 Å². The van der Waals surface area contributed by atoms with Crippen molar-refractivity contribution in [2.24, 2.45) is 0 Å². The zero-order chi connectivity index (χ0) is 47.3. The number of rotatable bonds is 42. The number of carbonyl (C=O) groups excluding carboxylic acids is 1. The summed E-state index contributed by atoms with van der Waals surface area (Å²) in [4.78, 5) is 12.9. The number of unbranched alkanes of at least 4 members (excludes halogenated alkanes) is 18. The molecule has 0 aromatic heterocycles.